The molecule has 5 heteroatoms. The molecule has 1 aliphatic rings. The molecule has 1 atom stereocenters. The van der Waals surface area contributed by atoms with Crippen LogP contribution in [-0.4, -0.2) is 38.7 Å². The van der Waals surface area contributed by atoms with Gasteiger partial charge < -0.3 is 19.1 Å². The van der Waals surface area contributed by atoms with Crippen molar-refractivity contribution in [2.24, 2.45) is 0 Å². The summed E-state index contributed by atoms with van der Waals surface area (Å²) in [5, 5.41) is 0. The third-order valence-corrected chi connectivity index (χ3v) is 5.57. The summed E-state index contributed by atoms with van der Waals surface area (Å²) in [6.07, 6.45) is 0.745. The first-order chi connectivity index (χ1) is 14.7. The minimum atomic E-state index is -0.214. The first-order valence-corrected chi connectivity index (χ1v) is 9.91. The van der Waals surface area contributed by atoms with Crippen LogP contribution in [0.5, 0.6) is 17.2 Å². The number of fused-ring (bicyclic) bond motifs is 1. The van der Waals surface area contributed by atoms with E-state index >= 15 is 0 Å². The van der Waals surface area contributed by atoms with Gasteiger partial charge >= 0.3 is 0 Å². The molecule has 0 fully saturated rings. The molecular formula is C25H25NO4. The van der Waals surface area contributed by atoms with Gasteiger partial charge in [-0.1, -0.05) is 36.4 Å². The lowest BCUT2D eigenvalue weighted by molar-refractivity contribution is 0.0694. The summed E-state index contributed by atoms with van der Waals surface area (Å²) in [7, 11) is 4.87. The minimum Gasteiger partial charge on any atom is -0.497 e. The van der Waals surface area contributed by atoms with Crippen molar-refractivity contribution in [3.8, 4) is 17.2 Å². The molecule has 30 heavy (non-hydrogen) atoms. The van der Waals surface area contributed by atoms with E-state index in [1.807, 2.05) is 53.4 Å². The Balaban J connectivity index is 1.83. The van der Waals surface area contributed by atoms with E-state index in [1.165, 1.54) is 0 Å². The van der Waals surface area contributed by atoms with Gasteiger partial charge in [0.25, 0.3) is 5.91 Å². The Bertz CT molecular complexity index is 1050. The second kappa shape index (κ2) is 8.49. The molecule has 0 radical (unpaired) electrons. The standard InChI is InChI=1S/C25H25NO4/c1-28-20-11-7-10-19(14-20)25(27)26-13-12-18-15-22(29-2)23(30-3)16-21(18)24(26)17-8-5-4-6-9-17/h4-11,14-16,24H,12-13H2,1-3H3. The second-order valence-corrected chi connectivity index (χ2v) is 7.20. The highest BCUT2D eigenvalue weighted by Gasteiger charge is 2.33. The summed E-state index contributed by atoms with van der Waals surface area (Å²) in [4.78, 5) is 15.5. The average Bonchev–Trinajstić information content (AvgIpc) is 2.82. The largest absolute Gasteiger partial charge is 0.497 e. The Labute approximate surface area is 176 Å². The van der Waals surface area contributed by atoms with Crippen molar-refractivity contribution in [2.75, 3.05) is 27.9 Å². The highest BCUT2D eigenvalue weighted by Crippen LogP contribution is 2.41. The van der Waals surface area contributed by atoms with Crippen molar-refractivity contribution < 1.29 is 19.0 Å². The monoisotopic (exact) mass is 403 g/mol. The number of carbonyl (C=O) groups excluding carboxylic acids is 1. The smallest absolute Gasteiger partial charge is 0.254 e. The molecule has 1 heterocycles. The fourth-order valence-electron chi connectivity index (χ4n) is 4.08. The number of amides is 1. The molecule has 0 spiro atoms. The number of hydrogen-bond acceptors (Lipinski definition) is 4. The molecule has 0 aliphatic carbocycles. The SMILES string of the molecule is COc1cccc(C(=O)N2CCc3cc(OC)c(OC)cc3C2c2ccccc2)c1. The predicted octanol–water partition coefficient (Wildman–Crippen LogP) is 4.50. The fraction of sp³-hybridized carbons (Fsp3) is 0.240. The highest BCUT2D eigenvalue weighted by molar-refractivity contribution is 5.95. The third-order valence-electron chi connectivity index (χ3n) is 5.57. The lowest BCUT2D eigenvalue weighted by Gasteiger charge is -2.38. The Morgan fingerprint density at radius 3 is 2.30 bits per heavy atom. The van der Waals surface area contributed by atoms with Gasteiger partial charge in [0.15, 0.2) is 11.5 Å². The van der Waals surface area contributed by atoms with Crippen molar-refractivity contribution in [3.05, 3.63) is 89.0 Å². The highest BCUT2D eigenvalue weighted by atomic mass is 16.5. The normalized spacial score (nSPS) is 15.3. The van der Waals surface area contributed by atoms with E-state index in [2.05, 4.69) is 12.1 Å². The maximum Gasteiger partial charge on any atom is 0.254 e. The van der Waals surface area contributed by atoms with Gasteiger partial charge in [0.05, 0.1) is 27.4 Å². The number of benzene rings is 3. The van der Waals surface area contributed by atoms with Crippen LogP contribution >= 0.6 is 0 Å². The minimum absolute atomic E-state index is 0.0248. The van der Waals surface area contributed by atoms with Gasteiger partial charge in [0, 0.05) is 12.1 Å². The molecule has 0 aromatic heterocycles. The van der Waals surface area contributed by atoms with E-state index in [4.69, 9.17) is 14.2 Å². The number of nitrogens with zero attached hydrogens (tertiary/aromatic N) is 1. The Morgan fingerprint density at radius 1 is 0.867 bits per heavy atom. The molecular weight excluding hydrogens is 378 g/mol. The zero-order valence-corrected chi connectivity index (χ0v) is 17.4. The van der Waals surface area contributed by atoms with E-state index in [0.717, 1.165) is 23.1 Å². The molecule has 3 aromatic rings. The van der Waals surface area contributed by atoms with E-state index in [-0.39, 0.29) is 11.9 Å². The number of rotatable bonds is 5. The average molecular weight is 403 g/mol. The summed E-state index contributed by atoms with van der Waals surface area (Å²) in [6.45, 7) is 0.609. The van der Waals surface area contributed by atoms with Crippen LogP contribution in [0.3, 0.4) is 0 Å². The quantitative estimate of drug-likeness (QED) is 0.629. The van der Waals surface area contributed by atoms with Gasteiger partial charge in [0.2, 0.25) is 0 Å². The molecule has 0 saturated carbocycles. The van der Waals surface area contributed by atoms with E-state index < -0.39 is 0 Å². The molecule has 1 unspecified atom stereocenters. The summed E-state index contributed by atoms with van der Waals surface area (Å²) in [5.41, 5.74) is 3.89. The number of carbonyl (C=O) groups is 1. The van der Waals surface area contributed by atoms with Crippen molar-refractivity contribution >= 4 is 5.91 Å². The van der Waals surface area contributed by atoms with Crippen LogP contribution in [0.15, 0.2) is 66.7 Å². The van der Waals surface area contributed by atoms with Crippen LogP contribution in [0, 0.1) is 0 Å². The maximum atomic E-state index is 13.6. The van der Waals surface area contributed by atoms with Gasteiger partial charge in [-0.2, -0.15) is 0 Å². The van der Waals surface area contributed by atoms with Gasteiger partial charge in [-0.25, -0.2) is 0 Å². The van der Waals surface area contributed by atoms with Gasteiger partial charge in [-0.15, -0.1) is 0 Å². The van der Waals surface area contributed by atoms with Crippen LogP contribution < -0.4 is 14.2 Å². The molecule has 0 saturated heterocycles. The molecule has 4 rings (SSSR count). The van der Waals surface area contributed by atoms with E-state index in [1.54, 1.807) is 27.4 Å². The molecule has 0 bridgehead atoms. The van der Waals surface area contributed by atoms with Gasteiger partial charge in [0.1, 0.15) is 5.75 Å². The number of ether oxygens (including phenoxy) is 3. The van der Waals surface area contributed by atoms with Crippen molar-refractivity contribution in [3.63, 3.8) is 0 Å². The number of methoxy groups -OCH3 is 3. The number of hydrogen-bond donors (Lipinski definition) is 0. The van der Waals surface area contributed by atoms with Crippen LogP contribution in [0.1, 0.15) is 33.1 Å². The summed E-state index contributed by atoms with van der Waals surface area (Å²) in [5.74, 6) is 2.01. The zero-order valence-electron chi connectivity index (χ0n) is 17.4. The van der Waals surface area contributed by atoms with E-state index in [0.29, 0.717) is 29.4 Å². The lowest BCUT2D eigenvalue weighted by atomic mass is 9.87. The van der Waals surface area contributed by atoms with Crippen LogP contribution in [0.4, 0.5) is 0 Å². The van der Waals surface area contributed by atoms with Crippen molar-refractivity contribution in [2.45, 2.75) is 12.5 Å². The molecule has 1 aliphatic heterocycles. The Morgan fingerprint density at radius 2 is 1.60 bits per heavy atom. The summed E-state index contributed by atoms with van der Waals surface area (Å²) < 4.78 is 16.4. The Hall–Kier alpha value is -3.47. The third kappa shape index (κ3) is 3.59. The van der Waals surface area contributed by atoms with Gasteiger partial charge in [-0.05, 0) is 53.4 Å². The second-order valence-electron chi connectivity index (χ2n) is 7.20. The van der Waals surface area contributed by atoms with Crippen LogP contribution in [0.25, 0.3) is 0 Å². The molecule has 1 amide bonds. The van der Waals surface area contributed by atoms with Crippen LogP contribution in [-0.2, 0) is 6.42 Å². The van der Waals surface area contributed by atoms with Crippen molar-refractivity contribution in [1.82, 2.24) is 4.90 Å². The Kier molecular flexibility index (Phi) is 5.61. The molecule has 0 N–H and O–H groups in total. The zero-order chi connectivity index (χ0) is 21.1. The first kappa shape index (κ1) is 19.8. The topological polar surface area (TPSA) is 48.0 Å². The first-order valence-electron chi connectivity index (χ1n) is 9.91. The molecule has 154 valence electrons. The van der Waals surface area contributed by atoms with Crippen molar-refractivity contribution in [1.29, 1.82) is 0 Å². The molecule has 3 aromatic carbocycles. The summed E-state index contributed by atoms with van der Waals surface area (Å²) >= 11 is 0. The fourth-order valence-corrected chi connectivity index (χ4v) is 4.08. The maximum absolute atomic E-state index is 13.6. The summed E-state index contributed by atoms with van der Waals surface area (Å²) in [6, 6.07) is 21.2. The van der Waals surface area contributed by atoms with Crippen LogP contribution in [0.2, 0.25) is 0 Å². The van der Waals surface area contributed by atoms with E-state index in [9.17, 15) is 4.79 Å². The van der Waals surface area contributed by atoms with Gasteiger partial charge in [-0.3, -0.25) is 4.79 Å². The molecule has 5 nitrogen and oxygen atoms in total. The predicted molar refractivity (Wildman–Crippen MR) is 116 cm³/mol. The lowest BCUT2D eigenvalue weighted by Crippen LogP contribution is -2.40.